The molecule has 0 unspecified atom stereocenters. The molecule has 3 aromatic rings. The van der Waals surface area contributed by atoms with E-state index in [0.29, 0.717) is 11.1 Å². The Kier molecular flexibility index (Phi) is 6.70. The number of anilines is 1. The van der Waals surface area contributed by atoms with Crippen LogP contribution in [0, 0.1) is 0 Å². The Balaban J connectivity index is 1.71. The molecule has 7 heteroatoms. The number of aromatic hydroxyl groups is 2. The van der Waals surface area contributed by atoms with Crippen LogP contribution >= 0.6 is 0 Å². The first-order chi connectivity index (χ1) is 16.0. The molecule has 1 fully saturated rings. The minimum atomic E-state index is -0.315. The number of carbonyl (C=O) groups is 1. The van der Waals surface area contributed by atoms with Gasteiger partial charge in [0.25, 0.3) is 5.91 Å². The van der Waals surface area contributed by atoms with Crippen LogP contribution in [0.5, 0.6) is 23.0 Å². The molecule has 0 spiro atoms. The lowest BCUT2D eigenvalue weighted by Crippen LogP contribution is -2.46. The summed E-state index contributed by atoms with van der Waals surface area (Å²) < 4.78 is 10.4. The molecule has 1 heterocycles. The monoisotopic (exact) mass is 448 g/mol. The lowest BCUT2D eigenvalue weighted by Gasteiger charge is -2.35. The second kappa shape index (κ2) is 9.83. The van der Waals surface area contributed by atoms with Crippen LogP contribution in [-0.4, -0.2) is 49.5 Å². The molecule has 3 N–H and O–H groups in total. The molecule has 33 heavy (non-hydrogen) atoms. The molecule has 7 nitrogen and oxygen atoms in total. The lowest BCUT2D eigenvalue weighted by molar-refractivity contribution is 0.0971. The summed E-state index contributed by atoms with van der Waals surface area (Å²) in [7, 11) is 3.04. The number of methoxy groups -OCH3 is 2. The van der Waals surface area contributed by atoms with Gasteiger partial charge in [-0.2, -0.15) is 0 Å². The van der Waals surface area contributed by atoms with Gasteiger partial charge in [0.2, 0.25) is 5.75 Å². The molecule has 1 amide bonds. The van der Waals surface area contributed by atoms with Gasteiger partial charge in [-0.1, -0.05) is 12.1 Å². The molecule has 0 saturated carbocycles. The zero-order valence-corrected chi connectivity index (χ0v) is 18.7. The van der Waals surface area contributed by atoms with E-state index >= 15 is 0 Å². The minimum absolute atomic E-state index is 0.0774. The van der Waals surface area contributed by atoms with E-state index in [2.05, 4.69) is 5.32 Å². The van der Waals surface area contributed by atoms with Gasteiger partial charge in [0, 0.05) is 17.3 Å². The molecule has 3 aromatic carbocycles. The van der Waals surface area contributed by atoms with E-state index in [1.165, 1.54) is 13.2 Å². The summed E-state index contributed by atoms with van der Waals surface area (Å²) in [6.45, 7) is 1.72. The maximum Gasteiger partial charge on any atom is 0.258 e. The van der Waals surface area contributed by atoms with Crippen LogP contribution in [-0.2, 0) is 0 Å². The molecule has 0 radical (unpaired) electrons. The average molecular weight is 449 g/mol. The van der Waals surface area contributed by atoms with Crippen LogP contribution in [0.3, 0.4) is 0 Å². The SMILES string of the molecule is COc1ccc(N(C(=O)c2cccc(-c3cc(O)c(O)c(OC)c3)c2)C2CCNCC2)cc1. The standard InChI is InChI=1S/C26H28N2O5/c1-32-22-8-6-20(7-9-22)28(21-10-12-27-13-11-21)26(31)18-5-3-4-17(14-18)19-15-23(29)25(30)24(16-19)33-2/h3-9,14-16,21,27,29-30H,10-13H2,1-2H3. The number of ether oxygens (including phenoxy) is 2. The number of hydrogen-bond donors (Lipinski definition) is 3. The maximum absolute atomic E-state index is 13.8. The molecule has 0 atom stereocenters. The van der Waals surface area contributed by atoms with Crippen LogP contribution in [0.4, 0.5) is 5.69 Å². The van der Waals surface area contributed by atoms with Crippen LogP contribution in [0.2, 0.25) is 0 Å². The van der Waals surface area contributed by atoms with E-state index in [1.54, 1.807) is 25.3 Å². The van der Waals surface area contributed by atoms with Crippen molar-refractivity contribution in [3.05, 3.63) is 66.2 Å². The Labute approximate surface area is 193 Å². The number of nitrogens with zero attached hydrogens (tertiary/aromatic N) is 1. The Hall–Kier alpha value is -3.71. The van der Waals surface area contributed by atoms with Crippen molar-refractivity contribution >= 4 is 11.6 Å². The lowest BCUT2D eigenvalue weighted by atomic mass is 9.99. The molecule has 0 aliphatic carbocycles. The van der Waals surface area contributed by atoms with Crippen molar-refractivity contribution in [3.63, 3.8) is 0 Å². The third-order valence-corrected chi connectivity index (χ3v) is 5.96. The highest BCUT2D eigenvalue weighted by Gasteiger charge is 2.28. The van der Waals surface area contributed by atoms with E-state index in [1.807, 2.05) is 41.3 Å². The van der Waals surface area contributed by atoms with Gasteiger partial charge in [-0.15, -0.1) is 0 Å². The molecular formula is C26H28N2O5. The number of piperidine rings is 1. The molecular weight excluding hydrogens is 420 g/mol. The zero-order valence-electron chi connectivity index (χ0n) is 18.7. The van der Waals surface area contributed by atoms with Crippen LogP contribution < -0.4 is 19.7 Å². The van der Waals surface area contributed by atoms with Crippen LogP contribution in [0.25, 0.3) is 11.1 Å². The highest BCUT2D eigenvalue weighted by molar-refractivity contribution is 6.07. The van der Waals surface area contributed by atoms with Crippen molar-refractivity contribution in [2.75, 3.05) is 32.2 Å². The number of carbonyl (C=O) groups excluding carboxylic acids is 1. The Bertz CT molecular complexity index is 1120. The van der Waals surface area contributed by atoms with Crippen molar-refractivity contribution in [2.45, 2.75) is 18.9 Å². The molecule has 4 rings (SSSR count). The molecule has 0 aromatic heterocycles. The predicted octanol–water partition coefficient (Wildman–Crippen LogP) is 4.18. The summed E-state index contributed by atoms with van der Waals surface area (Å²) in [6.07, 6.45) is 1.72. The van der Waals surface area contributed by atoms with Crippen LogP contribution in [0.15, 0.2) is 60.7 Å². The third-order valence-electron chi connectivity index (χ3n) is 5.96. The smallest absolute Gasteiger partial charge is 0.258 e. The van der Waals surface area contributed by atoms with Gasteiger partial charge in [0.05, 0.1) is 14.2 Å². The second-order valence-electron chi connectivity index (χ2n) is 7.98. The topological polar surface area (TPSA) is 91.3 Å². The van der Waals surface area contributed by atoms with Gasteiger partial charge in [0.15, 0.2) is 11.5 Å². The van der Waals surface area contributed by atoms with E-state index in [0.717, 1.165) is 42.9 Å². The van der Waals surface area contributed by atoms with Gasteiger partial charge < -0.3 is 29.9 Å². The Morgan fingerprint density at radius 2 is 1.67 bits per heavy atom. The number of nitrogens with one attached hydrogen (secondary N) is 1. The van der Waals surface area contributed by atoms with Crippen molar-refractivity contribution in [1.82, 2.24) is 5.32 Å². The van der Waals surface area contributed by atoms with Crippen molar-refractivity contribution in [1.29, 1.82) is 0 Å². The zero-order chi connectivity index (χ0) is 23.4. The number of phenolic OH excluding ortho intramolecular Hbond substituents is 2. The van der Waals surface area contributed by atoms with Crippen molar-refractivity contribution in [2.24, 2.45) is 0 Å². The normalized spacial score (nSPS) is 14.0. The summed E-state index contributed by atoms with van der Waals surface area (Å²) in [5.41, 5.74) is 2.72. The predicted molar refractivity (Wildman–Crippen MR) is 127 cm³/mol. The molecule has 1 aliphatic rings. The van der Waals surface area contributed by atoms with E-state index in [4.69, 9.17) is 9.47 Å². The first-order valence-electron chi connectivity index (χ1n) is 10.9. The van der Waals surface area contributed by atoms with Gasteiger partial charge >= 0.3 is 0 Å². The highest BCUT2D eigenvalue weighted by atomic mass is 16.5. The molecule has 1 saturated heterocycles. The Morgan fingerprint density at radius 1 is 0.939 bits per heavy atom. The summed E-state index contributed by atoms with van der Waals surface area (Å²) >= 11 is 0. The van der Waals surface area contributed by atoms with Gasteiger partial charge in [-0.25, -0.2) is 0 Å². The molecule has 0 bridgehead atoms. The number of hydrogen-bond acceptors (Lipinski definition) is 6. The third kappa shape index (κ3) is 4.73. The number of phenols is 2. The summed E-state index contributed by atoms with van der Waals surface area (Å²) in [6, 6.07) is 18.0. The fraction of sp³-hybridized carbons (Fsp3) is 0.269. The van der Waals surface area contributed by atoms with Crippen LogP contribution in [0.1, 0.15) is 23.2 Å². The van der Waals surface area contributed by atoms with Crippen molar-refractivity contribution in [3.8, 4) is 34.1 Å². The van der Waals surface area contributed by atoms with Gasteiger partial charge in [0.1, 0.15) is 5.75 Å². The summed E-state index contributed by atoms with van der Waals surface area (Å²) in [4.78, 5) is 15.7. The fourth-order valence-electron chi connectivity index (χ4n) is 4.19. The van der Waals surface area contributed by atoms with Gasteiger partial charge in [-0.05, 0) is 85.6 Å². The van der Waals surface area contributed by atoms with E-state index in [-0.39, 0.29) is 29.2 Å². The van der Waals surface area contributed by atoms with E-state index in [9.17, 15) is 15.0 Å². The minimum Gasteiger partial charge on any atom is -0.504 e. The number of rotatable bonds is 6. The molecule has 1 aliphatic heterocycles. The number of benzene rings is 3. The highest BCUT2D eigenvalue weighted by Crippen LogP contribution is 2.40. The second-order valence-corrected chi connectivity index (χ2v) is 7.98. The van der Waals surface area contributed by atoms with Gasteiger partial charge in [-0.3, -0.25) is 4.79 Å². The quantitative estimate of drug-likeness (QED) is 0.490. The van der Waals surface area contributed by atoms with E-state index < -0.39 is 0 Å². The summed E-state index contributed by atoms with van der Waals surface area (Å²) in [5, 5.41) is 23.4. The average Bonchev–Trinajstić information content (AvgIpc) is 2.87. The largest absolute Gasteiger partial charge is 0.504 e. The first-order valence-corrected chi connectivity index (χ1v) is 10.9. The Morgan fingerprint density at radius 3 is 2.33 bits per heavy atom. The molecule has 172 valence electrons. The fourth-order valence-corrected chi connectivity index (χ4v) is 4.19. The van der Waals surface area contributed by atoms with Crippen molar-refractivity contribution < 1.29 is 24.5 Å². The number of amides is 1. The first kappa shape index (κ1) is 22.5. The summed E-state index contributed by atoms with van der Waals surface area (Å²) in [5.74, 6) is 0.209. The maximum atomic E-state index is 13.8.